The minimum absolute atomic E-state index is 0.360. The van der Waals surface area contributed by atoms with Crippen molar-refractivity contribution < 1.29 is 4.52 Å². The lowest BCUT2D eigenvalue weighted by Gasteiger charge is -2.22. The molecule has 4 rings (SSSR count). The monoisotopic (exact) mass is 295 g/mol. The number of benzene rings is 1. The highest BCUT2D eigenvalue weighted by Crippen LogP contribution is 2.34. The first-order valence-corrected chi connectivity index (χ1v) is 7.93. The minimum Gasteiger partial charge on any atom is -0.359 e. The molecule has 1 fully saturated rings. The van der Waals surface area contributed by atoms with Gasteiger partial charge in [-0.3, -0.25) is 4.90 Å². The largest absolute Gasteiger partial charge is 0.359 e. The van der Waals surface area contributed by atoms with Crippen LogP contribution in [0, 0.1) is 6.92 Å². The number of nitrogens with zero attached hydrogens (tertiary/aromatic N) is 3. The molecule has 1 aliphatic rings. The summed E-state index contributed by atoms with van der Waals surface area (Å²) in [6.45, 7) is 4.05. The Morgan fingerprint density at radius 2 is 2.14 bits per heavy atom. The van der Waals surface area contributed by atoms with Gasteiger partial charge in [-0.1, -0.05) is 23.4 Å². The molecule has 0 radical (unpaired) electrons. The summed E-state index contributed by atoms with van der Waals surface area (Å²) >= 11 is 0. The number of fused-ring (bicyclic) bond motifs is 1. The van der Waals surface area contributed by atoms with E-state index in [0.717, 1.165) is 31.0 Å². The zero-order valence-corrected chi connectivity index (χ0v) is 13.1. The molecule has 0 amide bonds. The van der Waals surface area contributed by atoms with Crippen molar-refractivity contribution in [3.05, 3.63) is 53.5 Å². The maximum atomic E-state index is 5.51. The fourth-order valence-corrected chi connectivity index (χ4v) is 3.58. The van der Waals surface area contributed by atoms with E-state index in [1.54, 1.807) is 0 Å². The third-order valence-electron chi connectivity index (χ3n) is 4.75. The van der Waals surface area contributed by atoms with Crippen LogP contribution in [0.5, 0.6) is 0 Å². The summed E-state index contributed by atoms with van der Waals surface area (Å²) in [7, 11) is 2.15. The van der Waals surface area contributed by atoms with Gasteiger partial charge in [-0.15, -0.1) is 0 Å². The van der Waals surface area contributed by atoms with Crippen molar-refractivity contribution in [1.29, 1.82) is 0 Å². The van der Waals surface area contributed by atoms with Crippen LogP contribution in [0.3, 0.4) is 0 Å². The number of likely N-dealkylation sites (tertiary alicyclic amines) is 1. The summed E-state index contributed by atoms with van der Waals surface area (Å²) in [5.41, 5.74) is 3.61. The quantitative estimate of drug-likeness (QED) is 0.737. The maximum absolute atomic E-state index is 5.51. The SMILES string of the molecule is Cc1cc(C2CCCN2Cc2cc3ccccc3n2C)on1. The van der Waals surface area contributed by atoms with Crippen molar-refractivity contribution in [2.75, 3.05) is 6.54 Å². The molecule has 4 heteroatoms. The molecule has 0 N–H and O–H groups in total. The van der Waals surface area contributed by atoms with Gasteiger partial charge in [0.25, 0.3) is 0 Å². The third kappa shape index (κ3) is 2.24. The molecule has 3 heterocycles. The molecule has 1 aliphatic heterocycles. The second kappa shape index (κ2) is 5.29. The van der Waals surface area contributed by atoms with Crippen molar-refractivity contribution in [2.45, 2.75) is 32.4 Å². The molecule has 1 saturated heterocycles. The molecule has 4 nitrogen and oxygen atoms in total. The highest BCUT2D eigenvalue weighted by Gasteiger charge is 2.29. The number of aromatic nitrogens is 2. The van der Waals surface area contributed by atoms with E-state index in [2.05, 4.69) is 58.1 Å². The molecule has 1 atom stereocenters. The Morgan fingerprint density at radius 1 is 1.27 bits per heavy atom. The van der Waals surface area contributed by atoms with Gasteiger partial charge in [-0.05, 0) is 43.8 Å². The van der Waals surface area contributed by atoms with Crippen LogP contribution in [-0.2, 0) is 13.6 Å². The number of rotatable bonds is 3. The summed E-state index contributed by atoms with van der Waals surface area (Å²) in [6, 6.07) is 13.3. The van der Waals surface area contributed by atoms with Gasteiger partial charge in [0.05, 0.1) is 11.7 Å². The Balaban J connectivity index is 1.62. The van der Waals surface area contributed by atoms with Crippen LogP contribution in [0.4, 0.5) is 0 Å². The predicted molar refractivity (Wildman–Crippen MR) is 86.5 cm³/mol. The molecule has 0 saturated carbocycles. The van der Waals surface area contributed by atoms with Crippen LogP contribution < -0.4 is 0 Å². The lowest BCUT2D eigenvalue weighted by Crippen LogP contribution is -2.23. The first-order chi connectivity index (χ1) is 10.7. The molecule has 0 bridgehead atoms. The second-order valence-electron chi connectivity index (χ2n) is 6.25. The van der Waals surface area contributed by atoms with Crippen molar-refractivity contribution in [2.24, 2.45) is 7.05 Å². The maximum Gasteiger partial charge on any atom is 0.154 e. The molecule has 3 aromatic rings. The number of hydrogen-bond acceptors (Lipinski definition) is 3. The van der Waals surface area contributed by atoms with Crippen LogP contribution in [0.25, 0.3) is 10.9 Å². The zero-order valence-electron chi connectivity index (χ0n) is 13.1. The number of aryl methyl sites for hydroxylation is 2. The summed E-state index contributed by atoms with van der Waals surface area (Å²) in [5.74, 6) is 1.01. The molecular weight excluding hydrogens is 274 g/mol. The standard InChI is InChI=1S/C18H21N3O/c1-13-10-18(22-19-13)17-8-5-9-21(17)12-15-11-14-6-3-4-7-16(14)20(15)2/h3-4,6-7,10-11,17H,5,8-9,12H2,1-2H3. The first kappa shape index (κ1) is 13.6. The van der Waals surface area contributed by atoms with E-state index in [4.69, 9.17) is 4.52 Å². The second-order valence-corrected chi connectivity index (χ2v) is 6.25. The highest BCUT2D eigenvalue weighted by molar-refractivity contribution is 5.81. The fourth-order valence-electron chi connectivity index (χ4n) is 3.58. The summed E-state index contributed by atoms with van der Waals surface area (Å²) in [5, 5.41) is 5.36. The van der Waals surface area contributed by atoms with Crippen molar-refractivity contribution in [3.63, 3.8) is 0 Å². The van der Waals surface area contributed by atoms with Gasteiger partial charge >= 0.3 is 0 Å². The van der Waals surface area contributed by atoms with Crippen LogP contribution in [0.2, 0.25) is 0 Å². The van der Waals surface area contributed by atoms with E-state index in [9.17, 15) is 0 Å². The molecule has 114 valence electrons. The third-order valence-corrected chi connectivity index (χ3v) is 4.75. The Labute approximate surface area is 130 Å². The Morgan fingerprint density at radius 3 is 2.91 bits per heavy atom. The minimum atomic E-state index is 0.360. The average molecular weight is 295 g/mol. The Bertz CT molecular complexity index is 802. The van der Waals surface area contributed by atoms with Gasteiger partial charge in [0.15, 0.2) is 5.76 Å². The van der Waals surface area contributed by atoms with Gasteiger partial charge in [0.1, 0.15) is 0 Å². The molecule has 1 aromatic carbocycles. The molecule has 0 aliphatic carbocycles. The number of hydrogen-bond donors (Lipinski definition) is 0. The van der Waals surface area contributed by atoms with Crippen LogP contribution in [-0.4, -0.2) is 21.2 Å². The lowest BCUT2D eigenvalue weighted by molar-refractivity contribution is 0.203. The molecule has 22 heavy (non-hydrogen) atoms. The fraction of sp³-hybridized carbons (Fsp3) is 0.389. The summed E-state index contributed by atoms with van der Waals surface area (Å²) in [6.07, 6.45) is 2.37. The van der Waals surface area contributed by atoms with Gasteiger partial charge in [0, 0.05) is 30.9 Å². The van der Waals surface area contributed by atoms with Gasteiger partial charge in [0.2, 0.25) is 0 Å². The molecular formula is C18H21N3O. The smallest absolute Gasteiger partial charge is 0.154 e. The molecule has 1 unspecified atom stereocenters. The zero-order chi connectivity index (χ0) is 15.1. The van der Waals surface area contributed by atoms with Gasteiger partial charge in [-0.25, -0.2) is 0 Å². The van der Waals surface area contributed by atoms with Gasteiger partial charge < -0.3 is 9.09 Å². The number of para-hydroxylation sites is 1. The van der Waals surface area contributed by atoms with E-state index >= 15 is 0 Å². The normalized spacial score (nSPS) is 19.3. The molecule has 2 aromatic heterocycles. The predicted octanol–water partition coefficient (Wildman–Crippen LogP) is 3.81. The first-order valence-electron chi connectivity index (χ1n) is 7.93. The van der Waals surface area contributed by atoms with Crippen molar-refractivity contribution >= 4 is 10.9 Å². The van der Waals surface area contributed by atoms with Crippen molar-refractivity contribution in [1.82, 2.24) is 14.6 Å². The molecule has 0 spiro atoms. The summed E-state index contributed by atoms with van der Waals surface area (Å²) < 4.78 is 7.81. The Kier molecular flexibility index (Phi) is 3.26. The topological polar surface area (TPSA) is 34.2 Å². The lowest BCUT2D eigenvalue weighted by atomic mass is 10.1. The van der Waals surface area contributed by atoms with E-state index in [-0.39, 0.29) is 0 Å². The van der Waals surface area contributed by atoms with Crippen LogP contribution in [0.15, 0.2) is 40.9 Å². The van der Waals surface area contributed by atoms with Crippen LogP contribution >= 0.6 is 0 Å². The van der Waals surface area contributed by atoms with Gasteiger partial charge in [-0.2, -0.15) is 0 Å². The highest BCUT2D eigenvalue weighted by atomic mass is 16.5. The Hall–Kier alpha value is -2.07. The van der Waals surface area contributed by atoms with Crippen molar-refractivity contribution in [3.8, 4) is 0 Å². The van der Waals surface area contributed by atoms with E-state index in [0.29, 0.717) is 6.04 Å². The van der Waals surface area contributed by atoms with E-state index < -0.39 is 0 Å². The summed E-state index contributed by atoms with van der Waals surface area (Å²) in [4.78, 5) is 2.51. The average Bonchev–Trinajstić information content (AvgIpc) is 3.21. The van der Waals surface area contributed by atoms with E-state index in [1.165, 1.54) is 23.0 Å². The van der Waals surface area contributed by atoms with Crippen LogP contribution in [0.1, 0.15) is 36.0 Å². The van der Waals surface area contributed by atoms with E-state index in [1.807, 2.05) is 6.92 Å².